The van der Waals surface area contributed by atoms with Gasteiger partial charge < -0.3 is 4.90 Å². The summed E-state index contributed by atoms with van der Waals surface area (Å²) in [5.74, 6) is 0.620. The summed E-state index contributed by atoms with van der Waals surface area (Å²) in [5.41, 5.74) is -0.237. The van der Waals surface area contributed by atoms with Crippen LogP contribution in [0.25, 0.3) is 0 Å². The highest BCUT2D eigenvalue weighted by Crippen LogP contribution is 2.27. The van der Waals surface area contributed by atoms with Crippen molar-refractivity contribution in [2.75, 3.05) is 14.1 Å². The molecule has 0 fully saturated rings. The summed E-state index contributed by atoms with van der Waals surface area (Å²) in [6, 6.07) is 1.52. The molecule has 21 heavy (non-hydrogen) atoms. The summed E-state index contributed by atoms with van der Waals surface area (Å²) in [6.07, 6.45) is 3.11. The number of aromatic nitrogens is 5. The van der Waals surface area contributed by atoms with E-state index in [0.717, 1.165) is 0 Å². The van der Waals surface area contributed by atoms with Gasteiger partial charge >= 0.3 is 6.03 Å². The fourth-order valence-electron chi connectivity index (χ4n) is 1.43. The molecule has 0 N–H and O–H groups in total. The lowest BCUT2D eigenvalue weighted by Gasteiger charge is -2.13. The first kappa shape index (κ1) is 15.4. The fourth-order valence-corrected chi connectivity index (χ4v) is 2.18. The van der Waals surface area contributed by atoms with Crippen molar-refractivity contribution in [3.8, 4) is 0 Å². The molecule has 2 aromatic heterocycles. The molecule has 0 aliphatic carbocycles. The quantitative estimate of drug-likeness (QED) is 0.790. The van der Waals surface area contributed by atoms with Gasteiger partial charge in [-0.1, -0.05) is 20.8 Å². The lowest BCUT2D eigenvalue weighted by molar-refractivity contribution is 0.213. The van der Waals surface area contributed by atoms with E-state index < -0.39 is 0 Å². The summed E-state index contributed by atoms with van der Waals surface area (Å²) < 4.78 is 1.31. The van der Waals surface area contributed by atoms with Crippen molar-refractivity contribution in [1.29, 1.82) is 0 Å². The van der Waals surface area contributed by atoms with Crippen LogP contribution in [0.15, 0.2) is 28.8 Å². The minimum absolute atomic E-state index is 0.237. The average molecular weight is 306 g/mol. The zero-order valence-electron chi connectivity index (χ0n) is 12.7. The van der Waals surface area contributed by atoms with E-state index >= 15 is 0 Å². The zero-order valence-corrected chi connectivity index (χ0v) is 13.5. The molecule has 0 saturated heterocycles. The Labute approximate surface area is 127 Å². The van der Waals surface area contributed by atoms with E-state index in [1.807, 2.05) is 20.8 Å². The lowest BCUT2D eigenvalue weighted by Crippen LogP contribution is -2.29. The maximum Gasteiger partial charge on any atom is 0.346 e. The van der Waals surface area contributed by atoms with Crippen LogP contribution in [0.4, 0.5) is 4.79 Å². The van der Waals surface area contributed by atoms with Crippen LogP contribution in [0.2, 0.25) is 0 Å². The second-order valence-corrected chi connectivity index (χ2v) is 6.69. The molecule has 0 aromatic carbocycles. The van der Waals surface area contributed by atoms with Crippen LogP contribution in [-0.2, 0) is 5.41 Å². The van der Waals surface area contributed by atoms with Gasteiger partial charge in [0.2, 0.25) is 5.16 Å². The first-order valence-electron chi connectivity index (χ1n) is 6.42. The minimum atomic E-state index is -0.241. The summed E-state index contributed by atoms with van der Waals surface area (Å²) >= 11 is 1.29. The molecule has 0 aliphatic rings. The maximum atomic E-state index is 12.2. The van der Waals surface area contributed by atoms with Gasteiger partial charge in [0.25, 0.3) is 0 Å². The monoisotopic (exact) mass is 306 g/mol. The second-order valence-electron chi connectivity index (χ2n) is 5.71. The number of carbonyl (C=O) groups is 1. The van der Waals surface area contributed by atoms with Crippen molar-refractivity contribution in [3.63, 3.8) is 0 Å². The molecule has 7 nitrogen and oxygen atoms in total. The smallest absolute Gasteiger partial charge is 0.329 e. The van der Waals surface area contributed by atoms with Gasteiger partial charge in [-0.3, -0.25) is 0 Å². The predicted molar refractivity (Wildman–Crippen MR) is 79.4 cm³/mol. The molecule has 2 aromatic rings. The molecule has 112 valence electrons. The number of carbonyl (C=O) groups excluding carboxylic acids is 1. The molecule has 0 saturated carbocycles. The highest BCUT2D eigenvalue weighted by Gasteiger charge is 2.25. The van der Waals surface area contributed by atoms with E-state index in [1.165, 1.54) is 27.7 Å². The highest BCUT2D eigenvalue weighted by molar-refractivity contribution is 7.99. The Morgan fingerprint density at radius 2 is 2.05 bits per heavy atom. The van der Waals surface area contributed by atoms with Gasteiger partial charge in [0, 0.05) is 25.7 Å². The van der Waals surface area contributed by atoms with Crippen LogP contribution in [-0.4, -0.2) is 49.8 Å². The van der Waals surface area contributed by atoms with Crippen LogP contribution in [0.3, 0.4) is 0 Å². The third-order valence-electron chi connectivity index (χ3n) is 2.56. The van der Waals surface area contributed by atoms with Gasteiger partial charge in [0.05, 0.1) is 0 Å². The molecular formula is C13H18N6OS. The number of hydrogen-bond donors (Lipinski definition) is 0. The Morgan fingerprint density at radius 3 is 2.57 bits per heavy atom. The van der Waals surface area contributed by atoms with Crippen molar-refractivity contribution in [2.24, 2.45) is 0 Å². The number of nitrogens with zero attached hydrogens (tertiary/aromatic N) is 6. The van der Waals surface area contributed by atoms with Crippen LogP contribution in [0.5, 0.6) is 0 Å². The van der Waals surface area contributed by atoms with Crippen LogP contribution < -0.4 is 0 Å². The molecule has 2 rings (SSSR count). The van der Waals surface area contributed by atoms with Crippen molar-refractivity contribution in [1.82, 2.24) is 29.6 Å². The van der Waals surface area contributed by atoms with E-state index in [1.54, 1.807) is 26.4 Å². The Kier molecular flexibility index (Phi) is 4.26. The molecule has 0 spiro atoms. The zero-order chi connectivity index (χ0) is 15.6. The molecule has 0 radical (unpaired) electrons. The summed E-state index contributed by atoms with van der Waals surface area (Å²) in [7, 11) is 3.36. The van der Waals surface area contributed by atoms with Gasteiger partial charge in [0.15, 0.2) is 5.82 Å². The lowest BCUT2D eigenvalue weighted by atomic mass is 9.96. The summed E-state index contributed by atoms with van der Waals surface area (Å²) in [4.78, 5) is 26.2. The number of rotatable bonds is 2. The first-order valence-corrected chi connectivity index (χ1v) is 7.24. The SMILES string of the molecule is CN(C)C(=O)n1nc(C(C)(C)C)nc1Sc1ccncn1. The standard InChI is InChI=1S/C13H18N6OS/c1-13(2,3)10-16-11(19(17-10)12(20)18(4)5)21-9-6-7-14-8-15-9/h6-8H,1-5H3. The van der Waals surface area contributed by atoms with Crippen molar-refractivity contribution < 1.29 is 4.79 Å². The molecule has 0 unspecified atom stereocenters. The molecule has 2 heterocycles. The van der Waals surface area contributed by atoms with Crippen molar-refractivity contribution >= 4 is 17.8 Å². The van der Waals surface area contributed by atoms with E-state index in [4.69, 9.17) is 0 Å². The molecular weight excluding hydrogens is 288 g/mol. The van der Waals surface area contributed by atoms with Crippen molar-refractivity contribution in [3.05, 3.63) is 24.4 Å². The Hall–Kier alpha value is -1.96. The normalized spacial score (nSPS) is 11.5. The van der Waals surface area contributed by atoms with Crippen molar-refractivity contribution in [2.45, 2.75) is 36.4 Å². The molecule has 0 atom stereocenters. The summed E-state index contributed by atoms with van der Waals surface area (Å²) in [5, 5.41) is 5.56. The Balaban J connectivity index is 2.42. The largest absolute Gasteiger partial charge is 0.346 e. The van der Waals surface area contributed by atoms with Crippen LogP contribution in [0.1, 0.15) is 26.6 Å². The van der Waals surface area contributed by atoms with E-state index in [9.17, 15) is 4.79 Å². The van der Waals surface area contributed by atoms with E-state index in [-0.39, 0.29) is 11.4 Å². The van der Waals surface area contributed by atoms with Gasteiger partial charge in [-0.15, -0.1) is 5.10 Å². The Morgan fingerprint density at radius 1 is 1.33 bits per heavy atom. The summed E-state index contributed by atoms with van der Waals surface area (Å²) in [6.45, 7) is 6.02. The van der Waals surface area contributed by atoms with Gasteiger partial charge in [-0.25, -0.2) is 19.7 Å². The van der Waals surface area contributed by atoms with Crippen LogP contribution in [0, 0.1) is 0 Å². The second kappa shape index (κ2) is 5.80. The topological polar surface area (TPSA) is 76.8 Å². The Bertz CT molecular complexity index is 632. The first-order chi connectivity index (χ1) is 9.79. The predicted octanol–water partition coefficient (Wildman–Crippen LogP) is 2.05. The number of amides is 1. The molecule has 1 amide bonds. The molecule has 8 heteroatoms. The number of hydrogen-bond acceptors (Lipinski definition) is 6. The molecule has 0 aliphatic heterocycles. The molecule has 0 bridgehead atoms. The van der Waals surface area contributed by atoms with E-state index in [0.29, 0.717) is 16.0 Å². The maximum absolute atomic E-state index is 12.2. The average Bonchev–Trinajstić information content (AvgIpc) is 2.82. The fraction of sp³-hybridized carbons (Fsp3) is 0.462. The minimum Gasteiger partial charge on any atom is -0.329 e. The third-order valence-corrected chi connectivity index (χ3v) is 3.46. The van der Waals surface area contributed by atoms with E-state index in [2.05, 4.69) is 20.1 Å². The third kappa shape index (κ3) is 3.57. The van der Waals surface area contributed by atoms with Gasteiger partial charge in [-0.05, 0) is 17.8 Å². The highest BCUT2D eigenvalue weighted by atomic mass is 32.2. The van der Waals surface area contributed by atoms with Crippen LogP contribution >= 0.6 is 11.8 Å². The van der Waals surface area contributed by atoms with Gasteiger partial charge in [-0.2, -0.15) is 4.68 Å². The van der Waals surface area contributed by atoms with Gasteiger partial charge in [0.1, 0.15) is 11.4 Å².